The van der Waals surface area contributed by atoms with Gasteiger partial charge >= 0.3 is 0 Å². The molecule has 1 aromatic heterocycles. The van der Waals surface area contributed by atoms with Crippen LogP contribution in [-0.2, 0) is 11.3 Å². The van der Waals surface area contributed by atoms with Crippen molar-refractivity contribution < 1.29 is 18.6 Å². The standard InChI is InChI=1S/C20H26FN3O3/c1-20(2,3)27-19-17(22-8-9-23-19)13-24-10-11-25-15(12-24)14-26-18-7-5-4-6-16(18)21/h4-9,15H,10-14H2,1-3H3. The maximum atomic E-state index is 13.7. The van der Waals surface area contributed by atoms with Gasteiger partial charge in [0, 0.05) is 32.0 Å². The summed E-state index contributed by atoms with van der Waals surface area (Å²) in [5.41, 5.74) is 0.453. The average molecular weight is 375 g/mol. The molecule has 1 saturated heterocycles. The van der Waals surface area contributed by atoms with Crippen LogP contribution in [0.4, 0.5) is 4.39 Å². The first-order valence-electron chi connectivity index (χ1n) is 9.11. The highest BCUT2D eigenvalue weighted by Gasteiger charge is 2.24. The molecule has 2 aromatic rings. The number of para-hydroxylation sites is 1. The molecular weight excluding hydrogens is 349 g/mol. The first-order chi connectivity index (χ1) is 12.9. The zero-order valence-corrected chi connectivity index (χ0v) is 16.0. The second-order valence-corrected chi connectivity index (χ2v) is 7.49. The third kappa shape index (κ3) is 5.87. The minimum Gasteiger partial charge on any atom is -0.488 e. The molecule has 7 heteroatoms. The number of nitrogens with zero attached hydrogens (tertiary/aromatic N) is 3. The van der Waals surface area contributed by atoms with Crippen molar-refractivity contribution in [1.29, 1.82) is 0 Å². The van der Waals surface area contributed by atoms with Crippen molar-refractivity contribution in [2.24, 2.45) is 0 Å². The molecule has 1 aromatic carbocycles. The second-order valence-electron chi connectivity index (χ2n) is 7.49. The molecule has 2 heterocycles. The molecule has 1 atom stereocenters. The lowest BCUT2D eigenvalue weighted by Crippen LogP contribution is -2.44. The summed E-state index contributed by atoms with van der Waals surface area (Å²) >= 11 is 0. The van der Waals surface area contributed by atoms with E-state index in [2.05, 4.69) is 14.9 Å². The topological polar surface area (TPSA) is 56.7 Å². The van der Waals surface area contributed by atoms with Crippen LogP contribution in [0.25, 0.3) is 0 Å². The number of hydrogen-bond donors (Lipinski definition) is 0. The highest BCUT2D eigenvalue weighted by molar-refractivity contribution is 5.23. The Balaban J connectivity index is 1.58. The minimum absolute atomic E-state index is 0.137. The van der Waals surface area contributed by atoms with Gasteiger partial charge < -0.3 is 14.2 Å². The van der Waals surface area contributed by atoms with E-state index >= 15 is 0 Å². The van der Waals surface area contributed by atoms with Gasteiger partial charge in [-0.15, -0.1) is 0 Å². The van der Waals surface area contributed by atoms with Crippen LogP contribution in [0, 0.1) is 5.82 Å². The van der Waals surface area contributed by atoms with Gasteiger partial charge in [-0.25, -0.2) is 9.37 Å². The fourth-order valence-corrected chi connectivity index (χ4v) is 2.82. The summed E-state index contributed by atoms with van der Waals surface area (Å²) in [4.78, 5) is 11.0. The van der Waals surface area contributed by atoms with E-state index in [4.69, 9.17) is 14.2 Å². The Morgan fingerprint density at radius 1 is 1.22 bits per heavy atom. The highest BCUT2D eigenvalue weighted by Crippen LogP contribution is 2.21. The summed E-state index contributed by atoms with van der Waals surface area (Å²) in [7, 11) is 0. The van der Waals surface area contributed by atoms with Crippen molar-refractivity contribution in [3.63, 3.8) is 0 Å². The predicted molar refractivity (Wildman–Crippen MR) is 99.3 cm³/mol. The van der Waals surface area contributed by atoms with Gasteiger partial charge in [0.15, 0.2) is 11.6 Å². The van der Waals surface area contributed by atoms with Crippen molar-refractivity contribution in [2.45, 2.75) is 39.0 Å². The molecule has 27 heavy (non-hydrogen) atoms. The van der Waals surface area contributed by atoms with Gasteiger partial charge in [-0.1, -0.05) is 12.1 Å². The summed E-state index contributed by atoms with van der Waals surface area (Å²) in [5, 5.41) is 0. The number of rotatable bonds is 6. The van der Waals surface area contributed by atoms with E-state index in [1.54, 1.807) is 30.6 Å². The van der Waals surface area contributed by atoms with E-state index in [1.165, 1.54) is 6.07 Å². The Kier molecular flexibility index (Phi) is 6.23. The van der Waals surface area contributed by atoms with Crippen molar-refractivity contribution in [3.05, 3.63) is 48.2 Å². The monoisotopic (exact) mass is 375 g/mol. The maximum Gasteiger partial charge on any atom is 0.237 e. The van der Waals surface area contributed by atoms with Gasteiger partial charge in [0.05, 0.1) is 6.61 Å². The van der Waals surface area contributed by atoms with Crippen LogP contribution in [-0.4, -0.2) is 52.9 Å². The van der Waals surface area contributed by atoms with Crippen LogP contribution >= 0.6 is 0 Å². The summed E-state index contributed by atoms with van der Waals surface area (Å²) < 4.78 is 31.0. The fourth-order valence-electron chi connectivity index (χ4n) is 2.82. The Bertz CT molecular complexity index is 751. The normalized spacial score (nSPS) is 18.3. The molecule has 1 unspecified atom stereocenters. The Morgan fingerprint density at radius 3 is 2.78 bits per heavy atom. The van der Waals surface area contributed by atoms with E-state index < -0.39 is 0 Å². The summed E-state index contributed by atoms with van der Waals surface area (Å²) in [6, 6.07) is 6.39. The maximum absolute atomic E-state index is 13.7. The van der Waals surface area contributed by atoms with E-state index in [9.17, 15) is 4.39 Å². The molecule has 6 nitrogen and oxygen atoms in total. The number of hydrogen-bond acceptors (Lipinski definition) is 6. The number of ether oxygens (including phenoxy) is 3. The molecule has 1 aliphatic rings. The van der Waals surface area contributed by atoms with Gasteiger partial charge in [0.25, 0.3) is 0 Å². The SMILES string of the molecule is CC(C)(C)Oc1nccnc1CN1CCOC(COc2ccccc2F)C1. The molecule has 0 aliphatic carbocycles. The molecule has 0 spiro atoms. The van der Waals surface area contributed by atoms with Crippen LogP contribution in [0.1, 0.15) is 26.5 Å². The van der Waals surface area contributed by atoms with Crippen molar-refractivity contribution in [3.8, 4) is 11.6 Å². The molecule has 0 radical (unpaired) electrons. The zero-order valence-electron chi connectivity index (χ0n) is 16.0. The minimum atomic E-state index is -0.367. The molecular formula is C20H26FN3O3. The Morgan fingerprint density at radius 2 is 2.00 bits per heavy atom. The molecule has 1 aliphatic heterocycles. The van der Waals surface area contributed by atoms with Crippen LogP contribution in [0.5, 0.6) is 11.6 Å². The highest BCUT2D eigenvalue weighted by atomic mass is 19.1. The molecule has 0 N–H and O–H groups in total. The fraction of sp³-hybridized carbons (Fsp3) is 0.500. The van der Waals surface area contributed by atoms with Gasteiger partial charge in [-0.2, -0.15) is 0 Å². The second kappa shape index (κ2) is 8.63. The molecule has 3 rings (SSSR count). The van der Waals surface area contributed by atoms with E-state index in [1.807, 2.05) is 20.8 Å². The smallest absolute Gasteiger partial charge is 0.237 e. The van der Waals surface area contributed by atoms with Crippen LogP contribution in [0.2, 0.25) is 0 Å². The zero-order chi connectivity index (χ0) is 19.3. The molecule has 0 saturated carbocycles. The first kappa shape index (κ1) is 19.5. The van der Waals surface area contributed by atoms with Crippen molar-refractivity contribution in [2.75, 3.05) is 26.3 Å². The predicted octanol–water partition coefficient (Wildman–Crippen LogP) is 3.07. The molecule has 0 bridgehead atoms. The van der Waals surface area contributed by atoms with Gasteiger partial charge in [0.2, 0.25) is 5.88 Å². The molecule has 0 amide bonds. The van der Waals surface area contributed by atoms with Gasteiger partial charge in [-0.05, 0) is 32.9 Å². The number of halogens is 1. The van der Waals surface area contributed by atoms with E-state index in [0.29, 0.717) is 32.2 Å². The van der Waals surface area contributed by atoms with Crippen LogP contribution < -0.4 is 9.47 Å². The lowest BCUT2D eigenvalue weighted by atomic mass is 10.2. The van der Waals surface area contributed by atoms with E-state index in [0.717, 1.165) is 12.2 Å². The largest absolute Gasteiger partial charge is 0.488 e. The molecule has 1 fully saturated rings. The molecule has 146 valence electrons. The summed E-state index contributed by atoms with van der Waals surface area (Å²) in [5.74, 6) is 0.428. The summed E-state index contributed by atoms with van der Waals surface area (Å²) in [6.45, 7) is 8.88. The lowest BCUT2D eigenvalue weighted by Gasteiger charge is -2.33. The van der Waals surface area contributed by atoms with Gasteiger partial charge in [0.1, 0.15) is 24.0 Å². The van der Waals surface area contributed by atoms with E-state index in [-0.39, 0.29) is 23.3 Å². The van der Waals surface area contributed by atoms with Gasteiger partial charge in [-0.3, -0.25) is 9.88 Å². The van der Waals surface area contributed by atoms with Crippen LogP contribution in [0.15, 0.2) is 36.7 Å². The third-order valence-electron chi connectivity index (χ3n) is 4.00. The average Bonchev–Trinajstić information content (AvgIpc) is 2.62. The number of benzene rings is 1. The quantitative estimate of drug-likeness (QED) is 0.773. The Hall–Kier alpha value is -2.25. The lowest BCUT2D eigenvalue weighted by molar-refractivity contribution is -0.0515. The van der Waals surface area contributed by atoms with Crippen LogP contribution in [0.3, 0.4) is 0 Å². The Labute approximate surface area is 159 Å². The van der Waals surface area contributed by atoms with Crippen molar-refractivity contribution >= 4 is 0 Å². The third-order valence-corrected chi connectivity index (χ3v) is 4.00. The number of morpholine rings is 1. The van der Waals surface area contributed by atoms with Crippen molar-refractivity contribution in [1.82, 2.24) is 14.9 Å². The first-order valence-corrected chi connectivity index (χ1v) is 9.11. The summed E-state index contributed by atoms with van der Waals surface area (Å²) in [6.07, 6.45) is 3.17. The number of aromatic nitrogens is 2.